The number of aryl methyl sites for hydroxylation is 1. The van der Waals surface area contributed by atoms with E-state index >= 15 is 0 Å². The number of rotatable bonds is 3. The maximum absolute atomic E-state index is 12.1. The van der Waals surface area contributed by atoms with Crippen LogP contribution in [0, 0.1) is 0 Å². The summed E-state index contributed by atoms with van der Waals surface area (Å²) >= 11 is 0. The lowest BCUT2D eigenvalue weighted by atomic mass is 10.1. The molecule has 2 aliphatic heterocycles. The van der Waals surface area contributed by atoms with Crippen molar-refractivity contribution in [1.82, 2.24) is 15.1 Å². The minimum Gasteiger partial charge on any atom is -0.461 e. The number of hydrogen-bond donors (Lipinski definition) is 1. The fraction of sp³-hybridized carbons (Fsp3) is 0.444. The molecule has 2 aromatic rings. The third-order valence-electron chi connectivity index (χ3n) is 4.99. The van der Waals surface area contributed by atoms with Crippen LogP contribution in [0.5, 0.6) is 0 Å². The second kappa shape index (κ2) is 5.94. The Kier molecular flexibility index (Phi) is 3.76. The number of nitrogens with zero attached hydrogens (tertiary/aromatic N) is 2. The Morgan fingerprint density at radius 2 is 2.08 bits per heavy atom. The van der Waals surface area contributed by atoms with E-state index in [1.165, 1.54) is 5.56 Å². The number of amides is 2. The quantitative estimate of drug-likeness (QED) is 0.918. The van der Waals surface area contributed by atoms with Gasteiger partial charge < -0.3 is 14.6 Å². The average molecular weight is 327 g/mol. The van der Waals surface area contributed by atoms with Gasteiger partial charge in [0.25, 0.3) is 0 Å². The molecule has 6 nitrogen and oxygen atoms in total. The van der Waals surface area contributed by atoms with Gasteiger partial charge in [-0.2, -0.15) is 0 Å². The zero-order chi connectivity index (χ0) is 16.7. The summed E-state index contributed by atoms with van der Waals surface area (Å²) in [4.78, 5) is 28.0. The molecule has 1 aromatic heterocycles. The van der Waals surface area contributed by atoms with Gasteiger partial charge in [-0.05, 0) is 6.07 Å². The minimum absolute atomic E-state index is 0.0160. The zero-order valence-corrected chi connectivity index (χ0v) is 13.7. The Hall–Kier alpha value is -2.34. The van der Waals surface area contributed by atoms with Crippen molar-refractivity contribution in [1.29, 1.82) is 0 Å². The molecule has 1 aromatic carbocycles. The molecule has 24 heavy (non-hydrogen) atoms. The molecule has 1 N–H and O–H groups in total. The average Bonchev–Trinajstić information content (AvgIpc) is 2.96. The van der Waals surface area contributed by atoms with E-state index in [0.29, 0.717) is 13.1 Å². The van der Waals surface area contributed by atoms with Gasteiger partial charge in [0, 0.05) is 43.5 Å². The van der Waals surface area contributed by atoms with E-state index in [-0.39, 0.29) is 24.4 Å². The summed E-state index contributed by atoms with van der Waals surface area (Å²) in [5, 5.41) is 3.83. The maximum atomic E-state index is 12.1. The highest BCUT2D eigenvalue weighted by atomic mass is 16.3. The van der Waals surface area contributed by atoms with Crippen molar-refractivity contribution in [2.75, 3.05) is 26.2 Å². The minimum atomic E-state index is -0.372. The molecule has 0 spiro atoms. The molecular weight excluding hydrogens is 306 g/mol. The van der Waals surface area contributed by atoms with Crippen molar-refractivity contribution in [3.05, 3.63) is 35.6 Å². The van der Waals surface area contributed by atoms with Gasteiger partial charge in [0.15, 0.2) is 0 Å². The van der Waals surface area contributed by atoms with Gasteiger partial charge in [0.2, 0.25) is 11.8 Å². The predicted octanol–water partition coefficient (Wildman–Crippen LogP) is 1.14. The van der Waals surface area contributed by atoms with Crippen molar-refractivity contribution < 1.29 is 14.0 Å². The number of para-hydroxylation sites is 1. The smallest absolute Gasteiger partial charge is 0.244 e. The van der Waals surface area contributed by atoms with E-state index in [1.807, 2.05) is 18.2 Å². The molecule has 2 saturated heterocycles. The zero-order valence-electron chi connectivity index (χ0n) is 13.7. The monoisotopic (exact) mass is 327 g/mol. The molecule has 2 fully saturated rings. The number of piperazine rings is 2. The van der Waals surface area contributed by atoms with E-state index in [9.17, 15) is 9.59 Å². The van der Waals surface area contributed by atoms with Crippen LogP contribution in [-0.4, -0.2) is 53.8 Å². The molecule has 0 bridgehead atoms. The highest BCUT2D eigenvalue weighted by Crippen LogP contribution is 2.28. The Balaban J connectivity index is 1.58. The molecule has 126 valence electrons. The highest BCUT2D eigenvalue weighted by Gasteiger charge is 2.38. The first kappa shape index (κ1) is 15.2. The van der Waals surface area contributed by atoms with Crippen LogP contribution in [0.15, 0.2) is 28.7 Å². The van der Waals surface area contributed by atoms with Crippen molar-refractivity contribution >= 4 is 22.8 Å². The summed E-state index contributed by atoms with van der Waals surface area (Å²) in [5.41, 5.74) is 2.11. The van der Waals surface area contributed by atoms with Crippen LogP contribution in [0.1, 0.15) is 18.2 Å². The van der Waals surface area contributed by atoms with E-state index in [4.69, 9.17) is 4.42 Å². The number of furan rings is 1. The summed E-state index contributed by atoms with van der Waals surface area (Å²) in [6, 6.07) is 7.70. The van der Waals surface area contributed by atoms with Gasteiger partial charge in [0.1, 0.15) is 17.4 Å². The largest absolute Gasteiger partial charge is 0.461 e. The number of fused-ring (bicyclic) bond motifs is 2. The summed E-state index contributed by atoms with van der Waals surface area (Å²) in [5.74, 6) is 0.970. The van der Waals surface area contributed by atoms with Crippen LogP contribution in [0.4, 0.5) is 0 Å². The van der Waals surface area contributed by atoms with Crippen molar-refractivity contribution in [2.24, 2.45) is 0 Å². The van der Waals surface area contributed by atoms with Crippen LogP contribution in [0.25, 0.3) is 11.0 Å². The molecule has 2 aliphatic rings. The summed E-state index contributed by atoms with van der Waals surface area (Å²) in [6.45, 7) is 4.91. The third kappa shape index (κ3) is 2.47. The molecule has 0 saturated carbocycles. The summed E-state index contributed by atoms with van der Waals surface area (Å²) in [7, 11) is 0. The lowest BCUT2D eigenvalue weighted by Gasteiger charge is -2.42. The van der Waals surface area contributed by atoms with E-state index in [0.717, 1.165) is 36.2 Å². The molecule has 4 rings (SSSR count). The summed E-state index contributed by atoms with van der Waals surface area (Å²) in [6.07, 6.45) is 0.840. The fourth-order valence-corrected chi connectivity index (χ4v) is 3.72. The molecule has 1 atom stereocenters. The van der Waals surface area contributed by atoms with Crippen LogP contribution in [-0.2, 0) is 22.6 Å². The van der Waals surface area contributed by atoms with Gasteiger partial charge in [-0.25, -0.2) is 0 Å². The Morgan fingerprint density at radius 1 is 1.25 bits per heavy atom. The molecule has 0 aliphatic carbocycles. The lowest BCUT2D eigenvalue weighted by molar-refractivity contribution is -0.149. The van der Waals surface area contributed by atoms with Gasteiger partial charge in [-0.15, -0.1) is 0 Å². The highest BCUT2D eigenvalue weighted by molar-refractivity contribution is 5.95. The fourth-order valence-electron chi connectivity index (χ4n) is 3.72. The second-order valence-corrected chi connectivity index (χ2v) is 6.41. The molecular formula is C18H21N3O3. The number of carbonyl (C=O) groups is 2. The van der Waals surface area contributed by atoms with E-state index in [1.54, 1.807) is 4.90 Å². The van der Waals surface area contributed by atoms with Crippen LogP contribution >= 0.6 is 0 Å². The van der Waals surface area contributed by atoms with Gasteiger partial charge in [-0.1, -0.05) is 25.1 Å². The maximum Gasteiger partial charge on any atom is 0.244 e. The first-order valence-electron chi connectivity index (χ1n) is 8.46. The first-order chi connectivity index (χ1) is 11.7. The van der Waals surface area contributed by atoms with E-state index < -0.39 is 0 Å². The number of hydrogen-bond acceptors (Lipinski definition) is 4. The van der Waals surface area contributed by atoms with Crippen LogP contribution in [0.2, 0.25) is 0 Å². The third-order valence-corrected chi connectivity index (χ3v) is 4.99. The van der Waals surface area contributed by atoms with Gasteiger partial charge in [0.05, 0.1) is 6.54 Å². The number of nitrogens with one attached hydrogen (secondary N) is 1. The predicted molar refractivity (Wildman–Crippen MR) is 89.4 cm³/mol. The van der Waals surface area contributed by atoms with Crippen LogP contribution < -0.4 is 5.32 Å². The standard InChI is InChI=1S/C18H21N3O3/c1-2-15-13(12-5-3-4-6-16(12)24-15)10-20-7-8-21-14(11-20)18(23)19-9-17(21)22/h3-6,14H,2,7-11H2,1H3,(H,19,23)/t14-/m1/s1. The molecule has 3 heterocycles. The normalized spacial score (nSPS) is 21.9. The molecule has 0 radical (unpaired) electrons. The molecule has 2 amide bonds. The molecule has 6 heteroatoms. The van der Waals surface area contributed by atoms with Gasteiger partial charge in [-0.3, -0.25) is 14.5 Å². The SMILES string of the molecule is CCc1oc2ccccc2c1CN1CCN2C(=O)CNC(=O)[C@H]2C1. The first-order valence-corrected chi connectivity index (χ1v) is 8.46. The molecule has 0 unspecified atom stereocenters. The second-order valence-electron chi connectivity index (χ2n) is 6.41. The Labute approximate surface area is 140 Å². The van der Waals surface area contributed by atoms with Crippen molar-refractivity contribution in [3.63, 3.8) is 0 Å². The number of benzene rings is 1. The van der Waals surface area contributed by atoms with Crippen LogP contribution in [0.3, 0.4) is 0 Å². The topological polar surface area (TPSA) is 65.8 Å². The Bertz CT molecular complexity index is 798. The lowest BCUT2D eigenvalue weighted by Crippen LogP contribution is -2.65. The van der Waals surface area contributed by atoms with Crippen molar-refractivity contribution in [3.8, 4) is 0 Å². The number of carbonyl (C=O) groups excluding carboxylic acids is 2. The van der Waals surface area contributed by atoms with Crippen molar-refractivity contribution in [2.45, 2.75) is 25.9 Å². The Morgan fingerprint density at radius 3 is 2.92 bits per heavy atom. The summed E-state index contributed by atoms with van der Waals surface area (Å²) < 4.78 is 5.96. The van der Waals surface area contributed by atoms with Gasteiger partial charge >= 0.3 is 0 Å². The van der Waals surface area contributed by atoms with E-state index in [2.05, 4.69) is 23.2 Å².